The molecule has 1 aliphatic rings. The molecule has 2 heterocycles. The van der Waals surface area contributed by atoms with E-state index in [0.717, 1.165) is 6.92 Å². The molecule has 136 valence electrons. The zero-order chi connectivity index (χ0) is 19.0. The summed E-state index contributed by atoms with van der Waals surface area (Å²) in [5.74, 6) is -2.39. The van der Waals surface area contributed by atoms with Crippen molar-refractivity contribution in [2.24, 2.45) is 0 Å². The van der Waals surface area contributed by atoms with Crippen LogP contribution in [0.4, 0.5) is 19.0 Å². The number of carboxylic acid groups (broad SMARTS) is 1. The number of nitriles is 1. The standard InChI is InChI=1S/C13H12F3N3O2.C2H4O2/c14-13(15,16)12(20)21-10-2-5-19(6-3-10)11-7-9(8-17)1-4-18-11;1-2(3)4/h1,4,7,10H,2-3,5-6H2;1H3,(H,3,4). The van der Waals surface area contributed by atoms with Crippen LogP contribution in [0.25, 0.3) is 0 Å². The van der Waals surface area contributed by atoms with Crippen LogP contribution in [-0.2, 0) is 14.3 Å². The maximum Gasteiger partial charge on any atom is 0.490 e. The van der Waals surface area contributed by atoms with Crippen molar-refractivity contribution in [2.45, 2.75) is 32.0 Å². The molecule has 25 heavy (non-hydrogen) atoms. The maximum absolute atomic E-state index is 12.1. The number of alkyl halides is 3. The summed E-state index contributed by atoms with van der Waals surface area (Å²) < 4.78 is 40.7. The van der Waals surface area contributed by atoms with E-state index in [1.165, 1.54) is 6.20 Å². The molecule has 0 saturated carbocycles. The lowest BCUT2D eigenvalue weighted by Crippen LogP contribution is -2.40. The molecule has 1 fully saturated rings. The van der Waals surface area contributed by atoms with E-state index in [1.807, 2.05) is 11.0 Å². The topological polar surface area (TPSA) is 104 Å². The number of carbonyl (C=O) groups is 2. The Kier molecular flexibility index (Phi) is 7.17. The van der Waals surface area contributed by atoms with Crippen molar-refractivity contribution in [3.63, 3.8) is 0 Å². The maximum atomic E-state index is 12.1. The number of hydrogen-bond donors (Lipinski definition) is 1. The highest BCUT2D eigenvalue weighted by molar-refractivity contribution is 5.75. The van der Waals surface area contributed by atoms with Crippen LogP contribution in [0.2, 0.25) is 0 Å². The van der Waals surface area contributed by atoms with Gasteiger partial charge in [-0.15, -0.1) is 0 Å². The summed E-state index contributed by atoms with van der Waals surface area (Å²) in [6, 6.07) is 5.18. The molecule has 0 radical (unpaired) electrons. The molecule has 0 aromatic carbocycles. The fraction of sp³-hybridized carbons (Fsp3) is 0.467. The van der Waals surface area contributed by atoms with Gasteiger partial charge in [0, 0.05) is 39.1 Å². The van der Waals surface area contributed by atoms with Gasteiger partial charge in [0.25, 0.3) is 5.97 Å². The number of pyridine rings is 1. The van der Waals surface area contributed by atoms with Crippen LogP contribution in [0.15, 0.2) is 18.3 Å². The molecule has 0 bridgehead atoms. The molecule has 0 amide bonds. The summed E-state index contributed by atoms with van der Waals surface area (Å²) in [5.41, 5.74) is 0.464. The van der Waals surface area contributed by atoms with Crippen molar-refractivity contribution in [3.8, 4) is 6.07 Å². The number of esters is 1. The van der Waals surface area contributed by atoms with Crippen molar-refractivity contribution in [1.82, 2.24) is 4.98 Å². The average Bonchev–Trinajstić information content (AvgIpc) is 2.54. The number of aromatic nitrogens is 1. The fourth-order valence-corrected chi connectivity index (χ4v) is 2.08. The molecular formula is C15H16F3N3O4. The molecule has 1 N–H and O–H groups in total. The number of carboxylic acids is 1. The van der Waals surface area contributed by atoms with E-state index in [-0.39, 0.29) is 0 Å². The third-order valence-corrected chi connectivity index (χ3v) is 3.15. The number of halogens is 3. The highest BCUT2D eigenvalue weighted by atomic mass is 19.4. The van der Waals surface area contributed by atoms with Gasteiger partial charge in [0.1, 0.15) is 11.9 Å². The van der Waals surface area contributed by atoms with Crippen molar-refractivity contribution in [3.05, 3.63) is 23.9 Å². The first-order valence-electron chi connectivity index (χ1n) is 7.22. The summed E-state index contributed by atoms with van der Waals surface area (Å²) in [4.78, 5) is 25.7. The van der Waals surface area contributed by atoms with Crippen LogP contribution in [0.1, 0.15) is 25.3 Å². The van der Waals surface area contributed by atoms with Gasteiger partial charge in [0.05, 0.1) is 11.6 Å². The van der Waals surface area contributed by atoms with E-state index < -0.39 is 24.2 Å². The van der Waals surface area contributed by atoms with E-state index in [9.17, 15) is 18.0 Å². The molecule has 0 aliphatic carbocycles. The lowest BCUT2D eigenvalue weighted by molar-refractivity contribution is -0.205. The molecule has 1 aromatic heterocycles. The Labute approximate surface area is 141 Å². The zero-order valence-corrected chi connectivity index (χ0v) is 13.3. The molecule has 2 rings (SSSR count). The zero-order valence-electron chi connectivity index (χ0n) is 13.3. The number of ether oxygens (including phenoxy) is 1. The molecule has 10 heteroatoms. The van der Waals surface area contributed by atoms with Gasteiger partial charge in [-0.05, 0) is 12.1 Å². The third-order valence-electron chi connectivity index (χ3n) is 3.15. The summed E-state index contributed by atoms with van der Waals surface area (Å²) in [5, 5.41) is 16.2. The minimum absolute atomic E-state index is 0.292. The van der Waals surface area contributed by atoms with Gasteiger partial charge in [0.2, 0.25) is 0 Å². The van der Waals surface area contributed by atoms with Crippen LogP contribution in [0, 0.1) is 11.3 Å². The van der Waals surface area contributed by atoms with E-state index in [1.54, 1.807) is 12.1 Å². The first kappa shape index (κ1) is 20.2. The Bertz CT molecular complexity index is 646. The molecular weight excluding hydrogens is 343 g/mol. The lowest BCUT2D eigenvalue weighted by Gasteiger charge is -2.32. The fourth-order valence-electron chi connectivity index (χ4n) is 2.08. The minimum Gasteiger partial charge on any atom is -0.481 e. The van der Waals surface area contributed by atoms with Crippen LogP contribution in [0.5, 0.6) is 0 Å². The molecule has 0 spiro atoms. The van der Waals surface area contributed by atoms with Crippen molar-refractivity contribution < 1.29 is 32.6 Å². The van der Waals surface area contributed by atoms with Crippen molar-refractivity contribution in [1.29, 1.82) is 5.26 Å². The molecule has 7 nitrogen and oxygen atoms in total. The highest BCUT2D eigenvalue weighted by Crippen LogP contribution is 2.23. The Morgan fingerprint density at radius 1 is 1.40 bits per heavy atom. The summed E-state index contributed by atoms with van der Waals surface area (Å²) in [7, 11) is 0. The van der Waals surface area contributed by atoms with Gasteiger partial charge in [-0.25, -0.2) is 9.78 Å². The summed E-state index contributed by atoms with van der Waals surface area (Å²) in [6.45, 7) is 1.91. The largest absolute Gasteiger partial charge is 0.490 e. The molecule has 1 saturated heterocycles. The number of carbonyl (C=O) groups excluding carboxylic acids is 1. The van der Waals surface area contributed by atoms with Crippen LogP contribution in [-0.4, -0.2) is 47.4 Å². The summed E-state index contributed by atoms with van der Waals surface area (Å²) in [6.07, 6.45) is -3.61. The number of hydrogen-bond acceptors (Lipinski definition) is 6. The van der Waals surface area contributed by atoms with Crippen molar-refractivity contribution >= 4 is 17.8 Å². The Balaban J connectivity index is 0.000000705. The monoisotopic (exact) mass is 359 g/mol. The van der Waals surface area contributed by atoms with Gasteiger partial charge in [-0.1, -0.05) is 0 Å². The first-order chi connectivity index (χ1) is 11.6. The Morgan fingerprint density at radius 3 is 2.44 bits per heavy atom. The molecule has 0 atom stereocenters. The number of piperidine rings is 1. The van der Waals surface area contributed by atoms with Gasteiger partial charge in [-0.2, -0.15) is 18.4 Å². The predicted molar refractivity (Wildman–Crippen MR) is 79.6 cm³/mol. The number of rotatable bonds is 2. The number of anilines is 1. The van der Waals surface area contributed by atoms with Crippen LogP contribution in [0.3, 0.4) is 0 Å². The van der Waals surface area contributed by atoms with Gasteiger partial charge < -0.3 is 14.7 Å². The highest BCUT2D eigenvalue weighted by Gasteiger charge is 2.42. The van der Waals surface area contributed by atoms with E-state index in [2.05, 4.69) is 9.72 Å². The molecule has 1 aromatic rings. The van der Waals surface area contributed by atoms with Crippen molar-refractivity contribution in [2.75, 3.05) is 18.0 Å². The normalized spacial score (nSPS) is 14.8. The van der Waals surface area contributed by atoms with Gasteiger partial charge >= 0.3 is 12.1 Å². The quantitative estimate of drug-likeness (QED) is 0.807. The van der Waals surface area contributed by atoms with Gasteiger partial charge in [0.15, 0.2) is 0 Å². The molecule has 1 aliphatic heterocycles. The second kappa shape index (κ2) is 8.86. The molecule has 0 unspecified atom stereocenters. The van der Waals surface area contributed by atoms with Crippen LogP contribution < -0.4 is 4.90 Å². The second-order valence-electron chi connectivity index (χ2n) is 5.12. The van der Waals surface area contributed by atoms with E-state index in [0.29, 0.717) is 37.3 Å². The minimum atomic E-state index is -4.96. The predicted octanol–water partition coefficient (Wildman–Crippen LogP) is 2.12. The third kappa shape index (κ3) is 7.07. The summed E-state index contributed by atoms with van der Waals surface area (Å²) >= 11 is 0. The SMILES string of the molecule is CC(=O)O.N#Cc1ccnc(N2CCC(OC(=O)C(F)(F)F)CC2)c1. The van der Waals surface area contributed by atoms with E-state index in [4.69, 9.17) is 15.2 Å². The van der Waals surface area contributed by atoms with Gasteiger partial charge in [-0.3, -0.25) is 4.79 Å². The lowest BCUT2D eigenvalue weighted by atomic mass is 10.1. The average molecular weight is 359 g/mol. The number of nitrogens with zero attached hydrogens (tertiary/aromatic N) is 3. The first-order valence-corrected chi connectivity index (χ1v) is 7.22. The Morgan fingerprint density at radius 2 is 1.96 bits per heavy atom. The van der Waals surface area contributed by atoms with Crippen LogP contribution >= 0.6 is 0 Å². The Hall–Kier alpha value is -2.83. The smallest absolute Gasteiger partial charge is 0.481 e. The van der Waals surface area contributed by atoms with E-state index >= 15 is 0 Å². The number of aliphatic carboxylic acids is 1. The second-order valence-corrected chi connectivity index (χ2v) is 5.12.